The molecule has 0 spiro atoms. The molecule has 37 heavy (non-hydrogen) atoms. The summed E-state index contributed by atoms with van der Waals surface area (Å²) in [4.78, 5) is 6.08. The highest BCUT2D eigenvalue weighted by Gasteiger charge is 2.25. The van der Waals surface area contributed by atoms with Crippen LogP contribution in [0.2, 0.25) is 5.02 Å². The summed E-state index contributed by atoms with van der Waals surface area (Å²) in [5.74, 6) is 0.810. The van der Waals surface area contributed by atoms with Crippen molar-refractivity contribution in [3.63, 3.8) is 0 Å². The molecule has 0 amide bonds. The van der Waals surface area contributed by atoms with E-state index in [1.807, 2.05) is 0 Å². The highest BCUT2D eigenvalue weighted by Crippen LogP contribution is 2.32. The van der Waals surface area contributed by atoms with Gasteiger partial charge < -0.3 is 4.98 Å². The van der Waals surface area contributed by atoms with Crippen LogP contribution in [0, 0.1) is 0 Å². The number of hydrogen-bond donors (Lipinski definition) is 1. The number of nitrogens with one attached hydrogen (secondary N) is 1. The van der Waals surface area contributed by atoms with Gasteiger partial charge in [-0.3, -0.25) is 4.90 Å². The molecular weight excluding hydrogens is 478 g/mol. The third-order valence-corrected chi connectivity index (χ3v) is 7.57. The summed E-state index contributed by atoms with van der Waals surface area (Å²) in [6.07, 6.45) is 16.1. The second-order valence-electron chi connectivity index (χ2n) is 11.7. The van der Waals surface area contributed by atoms with E-state index >= 15 is 0 Å². The number of hydrogen-bond acceptors (Lipinski definition) is 3. The Kier molecular flexibility index (Phi) is 12.0. The van der Waals surface area contributed by atoms with Gasteiger partial charge in [0, 0.05) is 17.5 Å². The highest BCUT2D eigenvalue weighted by atomic mass is 35.5. The number of unbranched alkanes of at least 4 members (excludes halogenated alkanes) is 10. The zero-order valence-corrected chi connectivity index (χ0v) is 24.8. The number of benzene rings is 1. The number of fused-ring (bicyclic) bond motifs is 1. The molecule has 0 aliphatic carbocycles. The lowest BCUT2D eigenvalue weighted by atomic mass is 9.92. The van der Waals surface area contributed by atoms with Crippen molar-refractivity contribution in [2.75, 3.05) is 13.1 Å². The summed E-state index contributed by atoms with van der Waals surface area (Å²) in [6.45, 7) is 14.3. The van der Waals surface area contributed by atoms with Crippen LogP contribution in [0.3, 0.4) is 0 Å². The molecule has 0 radical (unpaired) electrons. The number of rotatable bonds is 17. The Morgan fingerprint density at radius 3 is 2.00 bits per heavy atom. The zero-order chi connectivity index (χ0) is 26.7. The van der Waals surface area contributed by atoms with Crippen LogP contribution in [-0.4, -0.2) is 37.8 Å². The van der Waals surface area contributed by atoms with Crippen molar-refractivity contribution in [3.05, 3.63) is 40.5 Å². The monoisotopic (exact) mass is 527 g/mol. The van der Waals surface area contributed by atoms with Crippen LogP contribution in [0.15, 0.2) is 24.3 Å². The Balaban J connectivity index is 1.65. The van der Waals surface area contributed by atoms with Gasteiger partial charge >= 0.3 is 0 Å². The van der Waals surface area contributed by atoms with Gasteiger partial charge in [0.2, 0.25) is 0 Å². The predicted octanol–water partition coefficient (Wildman–Crippen LogP) is 9.20. The van der Waals surface area contributed by atoms with Crippen LogP contribution < -0.4 is 0 Å². The van der Waals surface area contributed by atoms with E-state index in [0.717, 1.165) is 29.3 Å². The van der Waals surface area contributed by atoms with Gasteiger partial charge in [-0.05, 0) is 37.6 Å². The van der Waals surface area contributed by atoms with Gasteiger partial charge in [-0.25, -0.2) is 0 Å². The average molecular weight is 528 g/mol. The van der Waals surface area contributed by atoms with Gasteiger partial charge in [0.25, 0.3) is 0 Å². The third kappa shape index (κ3) is 9.14. The van der Waals surface area contributed by atoms with Gasteiger partial charge in [-0.15, -0.1) is 9.73 Å². The van der Waals surface area contributed by atoms with E-state index in [0.29, 0.717) is 5.02 Å². The summed E-state index contributed by atoms with van der Waals surface area (Å²) in [5.41, 5.74) is 3.93. The first-order chi connectivity index (χ1) is 17.8. The van der Waals surface area contributed by atoms with E-state index in [2.05, 4.69) is 73.9 Å². The smallest absolute Gasteiger partial charge is 0.175 e. The molecule has 2 aromatic heterocycles. The summed E-state index contributed by atoms with van der Waals surface area (Å²) in [7, 11) is 0. The first kappa shape index (κ1) is 29.7. The van der Waals surface area contributed by atoms with Gasteiger partial charge in [0.05, 0.1) is 5.69 Å². The minimum absolute atomic E-state index is 0.124. The van der Waals surface area contributed by atoms with Crippen LogP contribution in [-0.2, 0) is 12.0 Å². The van der Waals surface area contributed by atoms with Crippen molar-refractivity contribution in [2.45, 2.75) is 124 Å². The first-order valence-electron chi connectivity index (χ1n) is 14.8. The molecule has 0 atom stereocenters. The fourth-order valence-electron chi connectivity index (χ4n) is 4.98. The van der Waals surface area contributed by atoms with Crippen LogP contribution in [0.5, 0.6) is 0 Å². The van der Waals surface area contributed by atoms with Gasteiger partial charge in [0.1, 0.15) is 5.02 Å². The lowest BCUT2D eigenvalue weighted by Gasteiger charge is -2.23. The number of aromatic nitrogens is 4. The van der Waals surface area contributed by atoms with E-state index < -0.39 is 0 Å². The number of nitrogens with zero attached hydrogens (tertiary/aromatic N) is 4. The first-order valence-corrected chi connectivity index (χ1v) is 15.2. The third-order valence-electron chi connectivity index (χ3n) is 7.21. The van der Waals surface area contributed by atoms with Crippen molar-refractivity contribution >= 4 is 17.2 Å². The van der Waals surface area contributed by atoms with Crippen molar-refractivity contribution < 1.29 is 0 Å². The van der Waals surface area contributed by atoms with Crippen LogP contribution in [0.25, 0.3) is 17.0 Å². The predicted molar refractivity (Wildman–Crippen MR) is 159 cm³/mol. The second kappa shape index (κ2) is 14.9. The molecule has 3 rings (SSSR count). The van der Waals surface area contributed by atoms with Crippen molar-refractivity contribution in [2.24, 2.45) is 0 Å². The summed E-state index contributed by atoms with van der Waals surface area (Å²) >= 11 is 6.66. The SMILES string of the molecule is CCCCCCCCN(CCCCCCCC)Cc1cccc(-c2nn3nc(C(C)(C)C)c(Cl)c3[nH]2)c1. The Morgan fingerprint density at radius 2 is 1.43 bits per heavy atom. The Labute approximate surface area is 230 Å². The zero-order valence-electron chi connectivity index (χ0n) is 24.1. The minimum atomic E-state index is -0.124. The van der Waals surface area contributed by atoms with E-state index in [1.54, 1.807) is 4.63 Å². The summed E-state index contributed by atoms with van der Waals surface area (Å²) in [6, 6.07) is 8.78. The number of aromatic amines is 1. The molecule has 0 fully saturated rings. The molecule has 1 N–H and O–H groups in total. The Bertz CT molecular complexity index is 1050. The minimum Gasteiger partial charge on any atom is -0.320 e. The van der Waals surface area contributed by atoms with Crippen molar-refractivity contribution in [1.29, 1.82) is 0 Å². The van der Waals surface area contributed by atoms with E-state index in [-0.39, 0.29) is 5.41 Å². The average Bonchev–Trinajstić information content (AvgIpc) is 3.43. The molecule has 0 aliphatic rings. The lowest BCUT2D eigenvalue weighted by molar-refractivity contribution is 0.252. The molecule has 0 unspecified atom stereocenters. The molecule has 0 saturated carbocycles. The maximum atomic E-state index is 6.66. The molecule has 0 bridgehead atoms. The summed E-state index contributed by atoms with van der Waals surface area (Å²) < 4.78 is 1.65. The molecule has 6 heteroatoms. The molecule has 5 nitrogen and oxygen atoms in total. The maximum Gasteiger partial charge on any atom is 0.175 e. The van der Waals surface area contributed by atoms with Crippen LogP contribution in [0.4, 0.5) is 0 Å². The van der Waals surface area contributed by atoms with Gasteiger partial charge in [-0.2, -0.15) is 5.10 Å². The van der Waals surface area contributed by atoms with E-state index in [4.69, 9.17) is 16.7 Å². The molecular formula is C31H50ClN5. The molecule has 206 valence electrons. The molecule has 1 aromatic carbocycles. The molecule has 0 saturated heterocycles. The van der Waals surface area contributed by atoms with Crippen molar-refractivity contribution in [3.8, 4) is 11.4 Å². The largest absolute Gasteiger partial charge is 0.320 e. The molecule has 2 heterocycles. The highest BCUT2D eigenvalue weighted by molar-refractivity contribution is 6.34. The van der Waals surface area contributed by atoms with E-state index in [9.17, 15) is 0 Å². The Hall–Kier alpha value is -1.85. The van der Waals surface area contributed by atoms with E-state index in [1.165, 1.54) is 95.7 Å². The Morgan fingerprint density at radius 1 is 0.838 bits per heavy atom. The quantitative estimate of drug-likeness (QED) is 0.178. The number of halogens is 1. The normalized spacial score (nSPS) is 12.3. The molecule has 0 aliphatic heterocycles. The topological polar surface area (TPSA) is 49.2 Å². The fourth-order valence-corrected chi connectivity index (χ4v) is 5.43. The summed E-state index contributed by atoms with van der Waals surface area (Å²) in [5, 5.41) is 10.0. The number of H-pyrrole nitrogens is 1. The van der Waals surface area contributed by atoms with Gasteiger partial charge in [-0.1, -0.05) is 129 Å². The van der Waals surface area contributed by atoms with Crippen molar-refractivity contribution in [1.82, 2.24) is 24.7 Å². The van der Waals surface area contributed by atoms with Gasteiger partial charge in [0.15, 0.2) is 11.5 Å². The van der Waals surface area contributed by atoms with Crippen LogP contribution >= 0.6 is 11.6 Å². The maximum absolute atomic E-state index is 6.66. The lowest BCUT2D eigenvalue weighted by Crippen LogP contribution is -2.25. The fraction of sp³-hybridized carbons (Fsp3) is 0.677. The van der Waals surface area contributed by atoms with Crippen LogP contribution in [0.1, 0.15) is 123 Å². The second-order valence-corrected chi connectivity index (χ2v) is 12.1. The standard InChI is InChI=1S/C31H50ClN5/c1-6-8-10-12-14-16-21-36(22-17-15-13-11-9-7-2)24-25-19-18-20-26(23-25)29-33-30-27(32)28(31(3,4)5)34-37(30)35-29/h18-20,23H,6-17,21-22,24H2,1-5H3,(H,33,35). The molecule has 3 aromatic rings.